The third-order valence-electron chi connectivity index (χ3n) is 5.36. The Balaban J connectivity index is 1.57. The molecule has 9 heteroatoms. The maximum absolute atomic E-state index is 13.7. The fraction of sp³-hybridized carbons (Fsp3) is 0.167. The van der Waals surface area contributed by atoms with Gasteiger partial charge >= 0.3 is 11.8 Å². The van der Waals surface area contributed by atoms with Crippen LogP contribution in [0.1, 0.15) is 17.5 Å². The Morgan fingerprint density at radius 1 is 0.939 bits per heavy atom. The van der Waals surface area contributed by atoms with Crippen LogP contribution in [0.15, 0.2) is 71.6 Å². The lowest BCUT2D eigenvalue weighted by Gasteiger charge is -2.31. The average Bonchev–Trinajstić information content (AvgIpc) is 2.80. The van der Waals surface area contributed by atoms with Gasteiger partial charge in [-0.25, -0.2) is 12.8 Å². The highest BCUT2D eigenvalue weighted by atomic mass is 32.2. The number of nitrogens with one attached hydrogen (secondary N) is 2. The molecule has 3 aromatic carbocycles. The number of sulfonamides is 1. The van der Waals surface area contributed by atoms with Crippen LogP contribution in [0.4, 0.5) is 21.5 Å². The zero-order chi connectivity index (χ0) is 23.6. The monoisotopic (exact) mass is 467 g/mol. The molecule has 2 amide bonds. The number of aryl methyl sites for hydroxylation is 2. The number of hydrogen-bond acceptors (Lipinski definition) is 4. The second-order valence-electron chi connectivity index (χ2n) is 7.73. The summed E-state index contributed by atoms with van der Waals surface area (Å²) in [4.78, 5) is 24.7. The Hall–Kier alpha value is -3.72. The lowest BCUT2D eigenvalue weighted by atomic mass is 10.0. The summed E-state index contributed by atoms with van der Waals surface area (Å²) in [5.41, 5.74) is 2.37. The first-order valence-corrected chi connectivity index (χ1v) is 11.8. The van der Waals surface area contributed by atoms with Crippen LogP contribution in [0.5, 0.6) is 0 Å². The van der Waals surface area contributed by atoms with Crippen molar-refractivity contribution >= 4 is 38.9 Å². The molecule has 4 rings (SSSR count). The first-order valence-electron chi connectivity index (χ1n) is 10.3. The summed E-state index contributed by atoms with van der Waals surface area (Å²) in [6.45, 7) is 2.18. The molecule has 0 saturated heterocycles. The molecule has 3 aromatic rings. The number of para-hydroxylation sites is 1. The zero-order valence-corrected chi connectivity index (χ0v) is 18.7. The summed E-state index contributed by atoms with van der Waals surface area (Å²) in [5, 5.41) is 4.68. The number of amides is 2. The smallest absolute Gasteiger partial charge is 0.314 e. The molecule has 2 N–H and O–H groups in total. The van der Waals surface area contributed by atoms with Crippen LogP contribution >= 0.6 is 0 Å². The Morgan fingerprint density at radius 2 is 1.64 bits per heavy atom. The molecule has 1 heterocycles. The van der Waals surface area contributed by atoms with Gasteiger partial charge in [0.05, 0.1) is 16.3 Å². The van der Waals surface area contributed by atoms with Gasteiger partial charge in [-0.15, -0.1) is 0 Å². The highest BCUT2D eigenvalue weighted by Crippen LogP contribution is 2.34. The summed E-state index contributed by atoms with van der Waals surface area (Å²) in [6, 6.07) is 17.0. The molecular weight excluding hydrogens is 445 g/mol. The topological polar surface area (TPSA) is 95.6 Å². The molecule has 0 spiro atoms. The Labute approximate surface area is 191 Å². The lowest BCUT2D eigenvalue weighted by Crippen LogP contribution is -2.35. The van der Waals surface area contributed by atoms with Crippen molar-refractivity contribution in [2.75, 3.05) is 21.5 Å². The standard InChI is InChI=1S/C24H22FN3O4S/c1-16-8-12-19(13-9-16)33(31,32)28-14-4-5-17-10-11-18(15-22(17)28)26-23(29)24(30)27-21-7-3-2-6-20(21)25/h2-3,6-13,15H,4-5,14H2,1H3,(H,26,29)(H,27,30). The number of rotatable bonds is 4. The molecular formula is C24H22FN3O4S. The molecule has 170 valence electrons. The van der Waals surface area contributed by atoms with Crippen molar-refractivity contribution in [3.63, 3.8) is 0 Å². The second-order valence-corrected chi connectivity index (χ2v) is 9.59. The molecule has 1 aliphatic heterocycles. The van der Waals surface area contributed by atoms with E-state index >= 15 is 0 Å². The van der Waals surface area contributed by atoms with Crippen LogP contribution < -0.4 is 14.9 Å². The van der Waals surface area contributed by atoms with E-state index in [2.05, 4.69) is 10.6 Å². The van der Waals surface area contributed by atoms with Crippen LogP contribution in [-0.2, 0) is 26.0 Å². The van der Waals surface area contributed by atoms with Crippen LogP contribution in [0.25, 0.3) is 0 Å². The molecule has 33 heavy (non-hydrogen) atoms. The van der Waals surface area contributed by atoms with E-state index < -0.39 is 27.7 Å². The van der Waals surface area contributed by atoms with Gasteiger partial charge in [0.1, 0.15) is 5.82 Å². The lowest BCUT2D eigenvalue weighted by molar-refractivity contribution is -0.133. The van der Waals surface area contributed by atoms with Crippen LogP contribution in [0.3, 0.4) is 0 Å². The average molecular weight is 468 g/mol. The summed E-state index contributed by atoms with van der Waals surface area (Å²) < 4.78 is 41.6. The number of nitrogens with zero attached hydrogens (tertiary/aromatic N) is 1. The van der Waals surface area contributed by atoms with E-state index in [-0.39, 0.29) is 16.3 Å². The van der Waals surface area contributed by atoms with Gasteiger partial charge < -0.3 is 10.6 Å². The molecule has 0 aliphatic carbocycles. The molecule has 7 nitrogen and oxygen atoms in total. The van der Waals surface area contributed by atoms with E-state index in [4.69, 9.17) is 0 Å². The molecule has 0 unspecified atom stereocenters. The molecule has 1 aliphatic rings. The van der Waals surface area contributed by atoms with Gasteiger partial charge in [0.2, 0.25) is 0 Å². The predicted octanol–water partition coefficient (Wildman–Crippen LogP) is 3.85. The van der Waals surface area contributed by atoms with Crippen molar-refractivity contribution in [3.05, 3.63) is 83.7 Å². The van der Waals surface area contributed by atoms with Crippen molar-refractivity contribution in [1.29, 1.82) is 0 Å². The largest absolute Gasteiger partial charge is 0.318 e. The molecule has 0 radical (unpaired) electrons. The number of fused-ring (bicyclic) bond motifs is 1. The molecule has 0 saturated carbocycles. The minimum absolute atomic E-state index is 0.113. The number of carbonyl (C=O) groups is 2. The van der Waals surface area contributed by atoms with Gasteiger partial charge in [-0.3, -0.25) is 13.9 Å². The highest BCUT2D eigenvalue weighted by Gasteiger charge is 2.29. The van der Waals surface area contributed by atoms with Crippen LogP contribution in [-0.4, -0.2) is 26.8 Å². The summed E-state index contributed by atoms with van der Waals surface area (Å²) in [7, 11) is -3.80. The minimum Gasteiger partial charge on any atom is -0.318 e. The van der Waals surface area contributed by atoms with Gasteiger partial charge in [0, 0.05) is 12.2 Å². The van der Waals surface area contributed by atoms with E-state index in [0.717, 1.165) is 11.1 Å². The summed E-state index contributed by atoms with van der Waals surface area (Å²) in [6.07, 6.45) is 1.35. The SMILES string of the molecule is Cc1ccc(S(=O)(=O)N2CCCc3ccc(NC(=O)C(=O)Nc4ccccc4F)cc32)cc1. The normalized spacial score (nSPS) is 13.2. The quantitative estimate of drug-likeness (QED) is 0.570. The van der Waals surface area contributed by atoms with Crippen molar-refractivity contribution in [1.82, 2.24) is 0 Å². The van der Waals surface area contributed by atoms with Gasteiger partial charge in [-0.2, -0.15) is 0 Å². The number of benzene rings is 3. The van der Waals surface area contributed by atoms with Crippen molar-refractivity contribution in [3.8, 4) is 0 Å². The fourth-order valence-corrected chi connectivity index (χ4v) is 5.17. The maximum Gasteiger partial charge on any atom is 0.314 e. The zero-order valence-electron chi connectivity index (χ0n) is 17.8. The molecule has 0 bridgehead atoms. The number of halogens is 1. The first kappa shape index (κ1) is 22.5. The molecule has 0 atom stereocenters. The second kappa shape index (κ2) is 9.03. The summed E-state index contributed by atoms with van der Waals surface area (Å²) >= 11 is 0. The van der Waals surface area contributed by atoms with E-state index in [1.807, 2.05) is 6.92 Å². The minimum atomic E-state index is -3.80. The third-order valence-corrected chi connectivity index (χ3v) is 7.18. The Kier molecular flexibility index (Phi) is 6.15. The van der Waals surface area contributed by atoms with E-state index in [0.29, 0.717) is 25.1 Å². The number of anilines is 3. The van der Waals surface area contributed by atoms with Crippen LogP contribution in [0, 0.1) is 12.7 Å². The predicted molar refractivity (Wildman–Crippen MR) is 124 cm³/mol. The number of carbonyl (C=O) groups excluding carboxylic acids is 2. The molecule has 0 aromatic heterocycles. The van der Waals surface area contributed by atoms with Gasteiger partial charge in [0.15, 0.2) is 0 Å². The van der Waals surface area contributed by atoms with Gasteiger partial charge in [0.25, 0.3) is 10.0 Å². The Morgan fingerprint density at radius 3 is 2.36 bits per heavy atom. The van der Waals surface area contributed by atoms with Crippen molar-refractivity contribution in [2.24, 2.45) is 0 Å². The van der Waals surface area contributed by atoms with Gasteiger partial charge in [-0.1, -0.05) is 35.9 Å². The first-order chi connectivity index (χ1) is 15.8. The number of hydrogen-bond donors (Lipinski definition) is 2. The van der Waals surface area contributed by atoms with E-state index in [9.17, 15) is 22.4 Å². The van der Waals surface area contributed by atoms with Crippen molar-refractivity contribution in [2.45, 2.75) is 24.7 Å². The van der Waals surface area contributed by atoms with Crippen LogP contribution in [0.2, 0.25) is 0 Å². The van der Waals surface area contributed by atoms with E-state index in [1.54, 1.807) is 36.4 Å². The Bertz CT molecular complexity index is 1320. The fourth-order valence-electron chi connectivity index (χ4n) is 3.64. The summed E-state index contributed by atoms with van der Waals surface area (Å²) in [5.74, 6) is -2.70. The van der Waals surface area contributed by atoms with E-state index in [1.165, 1.54) is 34.6 Å². The van der Waals surface area contributed by atoms with Crippen molar-refractivity contribution < 1.29 is 22.4 Å². The van der Waals surface area contributed by atoms with Gasteiger partial charge in [-0.05, 0) is 61.7 Å². The molecule has 0 fully saturated rings. The maximum atomic E-state index is 13.7. The highest BCUT2D eigenvalue weighted by molar-refractivity contribution is 7.92. The third kappa shape index (κ3) is 4.73.